The molecule has 0 atom stereocenters. The minimum Gasteiger partial charge on any atom is -0.497 e. The van der Waals surface area contributed by atoms with Crippen LogP contribution in [0.3, 0.4) is 0 Å². The van der Waals surface area contributed by atoms with Crippen molar-refractivity contribution < 1.29 is 23.4 Å². The average molecular weight is 495 g/mol. The summed E-state index contributed by atoms with van der Waals surface area (Å²) in [4.78, 5) is 12.7. The lowest BCUT2D eigenvalue weighted by molar-refractivity contribution is -0.113. The molecular weight excluding hydrogens is 471 g/mol. The average Bonchev–Trinajstić information content (AvgIpc) is 3.30. The van der Waals surface area contributed by atoms with Crippen LogP contribution in [0.5, 0.6) is 17.2 Å². The van der Waals surface area contributed by atoms with Gasteiger partial charge in [-0.15, -0.1) is 10.2 Å². The van der Waals surface area contributed by atoms with Gasteiger partial charge in [-0.1, -0.05) is 42.1 Å². The number of amides is 1. The Kier molecular flexibility index (Phi) is 7.84. The summed E-state index contributed by atoms with van der Waals surface area (Å²) in [7, 11) is 3.08. The Labute approximate surface area is 206 Å². The van der Waals surface area contributed by atoms with E-state index in [1.54, 1.807) is 48.1 Å². The molecule has 0 radical (unpaired) electrons. The Hall–Kier alpha value is -4.05. The lowest BCUT2D eigenvalue weighted by Gasteiger charge is -2.12. The molecule has 0 aliphatic carbocycles. The van der Waals surface area contributed by atoms with E-state index in [-0.39, 0.29) is 24.0 Å². The van der Waals surface area contributed by atoms with Gasteiger partial charge in [0.1, 0.15) is 18.1 Å². The summed E-state index contributed by atoms with van der Waals surface area (Å²) >= 11 is 1.22. The number of ether oxygens (including phenoxy) is 3. The van der Waals surface area contributed by atoms with Gasteiger partial charge in [-0.05, 0) is 36.4 Å². The summed E-state index contributed by atoms with van der Waals surface area (Å²) in [5, 5.41) is 11.8. The Morgan fingerprint density at radius 1 is 0.971 bits per heavy atom. The molecule has 0 saturated heterocycles. The fraction of sp³-hybridized carbons (Fsp3) is 0.160. The van der Waals surface area contributed by atoms with Crippen molar-refractivity contribution in [1.82, 2.24) is 14.8 Å². The zero-order valence-electron chi connectivity index (χ0n) is 19.1. The molecule has 1 heterocycles. The van der Waals surface area contributed by atoms with E-state index in [9.17, 15) is 9.18 Å². The first-order valence-electron chi connectivity index (χ1n) is 10.6. The van der Waals surface area contributed by atoms with E-state index < -0.39 is 5.82 Å². The first-order valence-corrected chi connectivity index (χ1v) is 11.6. The fourth-order valence-corrected chi connectivity index (χ4v) is 4.02. The molecule has 0 saturated carbocycles. The number of thioether (sulfide) groups is 1. The molecule has 0 bridgehead atoms. The van der Waals surface area contributed by atoms with Gasteiger partial charge in [0.15, 0.2) is 22.5 Å². The number of benzene rings is 3. The molecule has 10 heteroatoms. The number of carbonyl (C=O) groups is 1. The summed E-state index contributed by atoms with van der Waals surface area (Å²) in [5.41, 5.74) is 1.33. The van der Waals surface area contributed by atoms with Crippen molar-refractivity contribution in [1.29, 1.82) is 0 Å². The van der Waals surface area contributed by atoms with Crippen molar-refractivity contribution in [3.8, 4) is 22.9 Å². The van der Waals surface area contributed by atoms with Gasteiger partial charge in [0.25, 0.3) is 0 Å². The van der Waals surface area contributed by atoms with Crippen LogP contribution in [0, 0.1) is 5.82 Å². The Morgan fingerprint density at radius 2 is 1.74 bits per heavy atom. The molecule has 3 aromatic carbocycles. The number of para-hydroxylation sites is 2. The minimum absolute atomic E-state index is 0.00136. The monoisotopic (exact) mass is 494 g/mol. The third-order valence-corrected chi connectivity index (χ3v) is 5.85. The van der Waals surface area contributed by atoms with Gasteiger partial charge in [0.2, 0.25) is 5.91 Å². The molecule has 35 heavy (non-hydrogen) atoms. The molecule has 0 aliphatic rings. The second-order valence-electron chi connectivity index (χ2n) is 7.19. The number of nitrogens with one attached hydrogen (secondary N) is 1. The molecule has 180 valence electrons. The lowest BCUT2D eigenvalue weighted by Crippen LogP contribution is -2.15. The number of methoxy groups -OCH3 is 2. The standard InChI is InChI=1S/C25H23FN4O4S/c1-32-18-12-13-20(22(14-18)33-2)27-24(31)16-35-25-29-28-23(30(25)17-8-4-3-5-9-17)15-34-21-11-7-6-10-19(21)26/h3-14H,15-16H2,1-2H3,(H,27,31). The quantitative estimate of drug-likeness (QED) is 0.319. The predicted octanol–water partition coefficient (Wildman–Crippen LogP) is 4.73. The number of rotatable bonds is 10. The SMILES string of the molecule is COc1ccc(NC(=O)CSc2nnc(COc3ccccc3F)n2-c2ccccc2)c(OC)c1. The number of hydrogen-bond donors (Lipinski definition) is 1. The van der Waals surface area contributed by atoms with Gasteiger partial charge in [0, 0.05) is 11.8 Å². The van der Waals surface area contributed by atoms with Gasteiger partial charge in [-0.25, -0.2) is 4.39 Å². The number of aromatic nitrogens is 3. The Balaban J connectivity index is 1.49. The highest BCUT2D eigenvalue weighted by atomic mass is 32.2. The molecule has 0 spiro atoms. The highest BCUT2D eigenvalue weighted by molar-refractivity contribution is 7.99. The van der Waals surface area contributed by atoms with Crippen LogP contribution in [0.15, 0.2) is 78.0 Å². The van der Waals surface area contributed by atoms with E-state index in [1.807, 2.05) is 30.3 Å². The zero-order valence-corrected chi connectivity index (χ0v) is 19.9. The maximum absolute atomic E-state index is 14.0. The van der Waals surface area contributed by atoms with Gasteiger partial charge in [0.05, 0.1) is 25.7 Å². The molecule has 0 unspecified atom stereocenters. The van der Waals surface area contributed by atoms with Gasteiger partial charge >= 0.3 is 0 Å². The smallest absolute Gasteiger partial charge is 0.234 e. The highest BCUT2D eigenvalue weighted by Crippen LogP contribution is 2.30. The summed E-state index contributed by atoms with van der Waals surface area (Å²) in [5.74, 6) is 1.08. The normalized spacial score (nSPS) is 10.6. The second kappa shape index (κ2) is 11.4. The largest absolute Gasteiger partial charge is 0.497 e. The maximum atomic E-state index is 14.0. The van der Waals surface area contributed by atoms with E-state index in [0.717, 1.165) is 5.69 Å². The topological polar surface area (TPSA) is 87.5 Å². The molecule has 4 aromatic rings. The number of halogens is 1. The van der Waals surface area contributed by atoms with Crippen LogP contribution in [0.4, 0.5) is 10.1 Å². The fourth-order valence-electron chi connectivity index (χ4n) is 3.25. The minimum atomic E-state index is -0.460. The molecule has 0 fully saturated rings. The van der Waals surface area contributed by atoms with Crippen molar-refractivity contribution in [2.45, 2.75) is 11.8 Å². The summed E-state index contributed by atoms with van der Waals surface area (Å²) < 4.78 is 31.9. The van der Waals surface area contributed by atoms with E-state index in [0.29, 0.717) is 28.2 Å². The summed E-state index contributed by atoms with van der Waals surface area (Å²) in [6, 6.07) is 20.7. The highest BCUT2D eigenvalue weighted by Gasteiger charge is 2.18. The first-order chi connectivity index (χ1) is 17.1. The van der Waals surface area contributed by atoms with E-state index >= 15 is 0 Å². The summed E-state index contributed by atoms with van der Waals surface area (Å²) in [6.45, 7) is -0.00136. The molecule has 0 aliphatic heterocycles. The van der Waals surface area contributed by atoms with E-state index in [4.69, 9.17) is 14.2 Å². The van der Waals surface area contributed by atoms with Crippen LogP contribution in [0.1, 0.15) is 5.82 Å². The number of carbonyl (C=O) groups excluding carboxylic acids is 1. The Morgan fingerprint density at radius 3 is 2.49 bits per heavy atom. The number of anilines is 1. The van der Waals surface area contributed by atoms with Crippen LogP contribution in [-0.2, 0) is 11.4 Å². The number of hydrogen-bond acceptors (Lipinski definition) is 7. The maximum Gasteiger partial charge on any atom is 0.234 e. The van der Waals surface area contributed by atoms with Crippen molar-refractivity contribution in [2.75, 3.05) is 25.3 Å². The van der Waals surface area contributed by atoms with Crippen LogP contribution in [0.2, 0.25) is 0 Å². The molecule has 1 amide bonds. The van der Waals surface area contributed by atoms with Gasteiger partial charge in [-0.2, -0.15) is 0 Å². The molecule has 4 rings (SSSR count). The molecule has 1 N–H and O–H groups in total. The predicted molar refractivity (Wildman–Crippen MR) is 131 cm³/mol. The Bertz CT molecular complexity index is 1300. The third kappa shape index (κ3) is 5.90. The first kappa shape index (κ1) is 24.1. The van der Waals surface area contributed by atoms with Crippen molar-refractivity contribution in [2.24, 2.45) is 0 Å². The van der Waals surface area contributed by atoms with Crippen LogP contribution in [0.25, 0.3) is 5.69 Å². The van der Waals surface area contributed by atoms with Gasteiger partial charge < -0.3 is 19.5 Å². The van der Waals surface area contributed by atoms with Gasteiger partial charge in [-0.3, -0.25) is 9.36 Å². The van der Waals surface area contributed by atoms with Crippen molar-refractivity contribution >= 4 is 23.4 Å². The van der Waals surface area contributed by atoms with Crippen molar-refractivity contribution in [3.63, 3.8) is 0 Å². The summed E-state index contributed by atoms with van der Waals surface area (Å²) in [6.07, 6.45) is 0. The van der Waals surface area contributed by atoms with Crippen molar-refractivity contribution in [3.05, 3.63) is 84.4 Å². The molecule has 1 aromatic heterocycles. The number of nitrogens with zero attached hydrogens (tertiary/aromatic N) is 3. The zero-order chi connectivity index (χ0) is 24.6. The lowest BCUT2D eigenvalue weighted by atomic mass is 10.2. The van der Waals surface area contributed by atoms with E-state index in [2.05, 4.69) is 15.5 Å². The van der Waals surface area contributed by atoms with E-state index in [1.165, 1.54) is 24.9 Å². The van der Waals surface area contributed by atoms with Crippen LogP contribution >= 0.6 is 11.8 Å². The molecule has 8 nitrogen and oxygen atoms in total. The van der Waals surface area contributed by atoms with Crippen LogP contribution < -0.4 is 19.5 Å². The third-order valence-electron chi connectivity index (χ3n) is 4.92. The molecular formula is C25H23FN4O4S. The van der Waals surface area contributed by atoms with Crippen LogP contribution in [-0.4, -0.2) is 40.6 Å². The second-order valence-corrected chi connectivity index (χ2v) is 8.13.